The highest BCUT2D eigenvalue weighted by atomic mass is 16.4. The number of aliphatic carboxylic acids is 1. The number of hydrogen-bond acceptors (Lipinski definition) is 6. The summed E-state index contributed by atoms with van der Waals surface area (Å²) in [5.41, 5.74) is 10.7. The van der Waals surface area contributed by atoms with Gasteiger partial charge in [0.2, 0.25) is 23.6 Å². The first kappa shape index (κ1) is 27.3. The quantitative estimate of drug-likeness (QED) is 0.212. The van der Waals surface area contributed by atoms with Crippen molar-refractivity contribution in [2.45, 2.75) is 78.0 Å². The van der Waals surface area contributed by atoms with Gasteiger partial charge in [-0.25, -0.2) is 4.79 Å². The van der Waals surface area contributed by atoms with E-state index in [0.29, 0.717) is 6.42 Å². The first-order chi connectivity index (χ1) is 13.8. The maximum absolute atomic E-state index is 12.8. The summed E-state index contributed by atoms with van der Waals surface area (Å²) in [4.78, 5) is 60.0. The molecule has 0 saturated heterocycles. The predicted molar refractivity (Wildman–Crippen MR) is 110 cm³/mol. The molecule has 0 radical (unpaired) electrons. The second-order valence-electron chi connectivity index (χ2n) is 7.80. The zero-order valence-corrected chi connectivity index (χ0v) is 18.2. The Morgan fingerprint density at radius 1 is 0.867 bits per heavy atom. The average Bonchev–Trinajstić information content (AvgIpc) is 2.65. The van der Waals surface area contributed by atoms with E-state index >= 15 is 0 Å². The van der Waals surface area contributed by atoms with Crippen LogP contribution in [0.25, 0.3) is 0 Å². The third kappa shape index (κ3) is 9.21. The van der Waals surface area contributed by atoms with E-state index in [9.17, 15) is 29.1 Å². The number of carbonyl (C=O) groups is 5. The molecule has 30 heavy (non-hydrogen) atoms. The van der Waals surface area contributed by atoms with Crippen LogP contribution in [0.15, 0.2) is 0 Å². The maximum Gasteiger partial charge on any atom is 0.326 e. The van der Waals surface area contributed by atoms with Crippen LogP contribution in [0.5, 0.6) is 0 Å². The molecule has 172 valence electrons. The smallest absolute Gasteiger partial charge is 0.326 e. The molecule has 0 fully saturated rings. The van der Waals surface area contributed by atoms with E-state index < -0.39 is 53.8 Å². The van der Waals surface area contributed by atoms with Crippen molar-refractivity contribution in [2.24, 2.45) is 23.3 Å². The SMILES string of the molecule is CCC(C)C(NC(=O)C(CCC(N)=O)NC(=O)C(C)N)C(=O)NC(C(=O)O)C(C)C. The molecule has 0 aliphatic rings. The third-order valence-corrected chi connectivity index (χ3v) is 4.75. The molecule has 0 aliphatic heterocycles. The van der Waals surface area contributed by atoms with Gasteiger partial charge in [-0.15, -0.1) is 0 Å². The van der Waals surface area contributed by atoms with E-state index in [1.54, 1.807) is 20.8 Å². The lowest BCUT2D eigenvalue weighted by Gasteiger charge is -2.28. The summed E-state index contributed by atoms with van der Waals surface area (Å²) >= 11 is 0. The van der Waals surface area contributed by atoms with Crippen LogP contribution >= 0.6 is 0 Å². The number of nitrogens with one attached hydrogen (secondary N) is 3. The molecular weight excluding hydrogens is 394 g/mol. The van der Waals surface area contributed by atoms with E-state index in [1.807, 2.05) is 6.92 Å². The number of carboxylic acid groups (broad SMARTS) is 1. The van der Waals surface area contributed by atoms with E-state index in [1.165, 1.54) is 6.92 Å². The Hall–Kier alpha value is -2.69. The van der Waals surface area contributed by atoms with E-state index in [4.69, 9.17) is 11.5 Å². The lowest BCUT2D eigenvalue weighted by Crippen LogP contribution is -2.59. The second kappa shape index (κ2) is 12.8. The molecule has 8 N–H and O–H groups in total. The van der Waals surface area contributed by atoms with Crippen LogP contribution in [0.1, 0.15) is 53.9 Å². The summed E-state index contributed by atoms with van der Waals surface area (Å²) in [6.07, 6.45) is 0.292. The van der Waals surface area contributed by atoms with Crippen LogP contribution in [0.3, 0.4) is 0 Å². The van der Waals surface area contributed by atoms with Crippen molar-refractivity contribution in [3.63, 3.8) is 0 Å². The molecule has 0 bridgehead atoms. The fraction of sp³-hybridized carbons (Fsp3) is 0.737. The van der Waals surface area contributed by atoms with Crippen LogP contribution in [0, 0.1) is 11.8 Å². The summed E-state index contributed by atoms with van der Waals surface area (Å²) in [5.74, 6) is -4.47. The Bertz CT molecular complexity index is 637. The normalized spacial score (nSPS) is 16.0. The first-order valence-corrected chi connectivity index (χ1v) is 9.99. The molecule has 0 saturated carbocycles. The van der Waals surface area contributed by atoms with Gasteiger partial charge in [0.15, 0.2) is 0 Å². The Morgan fingerprint density at radius 2 is 1.40 bits per heavy atom. The van der Waals surface area contributed by atoms with Gasteiger partial charge in [0.25, 0.3) is 0 Å². The zero-order valence-electron chi connectivity index (χ0n) is 18.2. The summed E-state index contributed by atoms with van der Waals surface area (Å²) in [6, 6.07) is -4.17. The van der Waals surface area contributed by atoms with Gasteiger partial charge in [-0.05, 0) is 25.2 Å². The van der Waals surface area contributed by atoms with Gasteiger partial charge in [0.05, 0.1) is 6.04 Å². The van der Waals surface area contributed by atoms with Gasteiger partial charge in [0, 0.05) is 6.42 Å². The summed E-state index contributed by atoms with van der Waals surface area (Å²) < 4.78 is 0. The molecule has 0 heterocycles. The highest BCUT2D eigenvalue weighted by molar-refractivity contribution is 5.94. The Kier molecular flexibility index (Phi) is 11.6. The van der Waals surface area contributed by atoms with Crippen molar-refractivity contribution in [3.8, 4) is 0 Å². The van der Waals surface area contributed by atoms with Crippen LogP contribution in [-0.2, 0) is 24.0 Å². The van der Waals surface area contributed by atoms with Crippen molar-refractivity contribution in [3.05, 3.63) is 0 Å². The molecule has 0 aliphatic carbocycles. The molecule has 5 unspecified atom stereocenters. The Morgan fingerprint density at radius 3 is 1.80 bits per heavy atom. The third-order valence-electron chi connectivity index (χ3n) is 4.75. The van der Waals surface area contributed by atoms with Crippen LogP contribution < -0.4 is 27.4 Å². The maximum atomic E-state index is 12.8. The minimum Gasteiger partial charge on any atom is -0.480 e. The molecular formula is C19H35N5O6. The fourth-order valence-corrected chi connectivity index (χ4v) is 2.57. The Labute approximate surface area is 176 Å². The fourth-order valence-electron chi connectivity index (χ4n) is 2.57. The first-order valence-electron chi connectivity index (χ1n) is 9.99. The van der Waals surface area contributed by atoms with Gasteiger partial charge in [-0.1, -0.05) is 34.1 Å². The molecule has 4 amide bonds. The van der Waals surface area contributed by atoms with Crippen LogP contribution in [0.4, 0.5) is 0 Å². The number of hydrogen-bond donors (Lipinski definition) is 6. The number of primary amides is 1. The lowest BCUT2D eigenvalue weighted by molar-refractivity contribution is -0.144. The number of rotatable bonds is 13. The number of carboxylic acids is 1. The van der Waals surface area contributed by atoms with Gasteiger partial charge in [0.1, 0.15) is 18.1 Å². The number of carbonyl (C=O) groups excluding carboxylic acids is 4. The topological polar surface area (TPSA) is 194 Å². The molecule has 11 nitrogen and oxygen atoms in total. The number of amides is 4. The molecule has 0 aromatic carbocycles. The van der Waals surface area contributed by atoms with Crippen LogP contribution in [0.2, 0.25) is 0 Å². The predicted octanol–water partition coefficient (Wildman–Crippen LogP) is -1.16. The molecule has 0 rings (SSSR count). The van der Waals surface area contributed by atoms with Crippen molar-refractivity contribution < 1.29 is 29.1 Å². The highest BCUT2D eigenvalue weighted by Gasteiger charge is 2.33. The summed E-state index contributed by atoms with van der Waals surface area (Å²) in [6.45, 7) is 8.29. The van der Waals surface area contributed by atoms with Gasteiger partial charge < -0.3 is 32.5 Å². The lowest BCUT2D eigenvalue weighted by atomic mass is 9.96. The van der Waals surface area contributed by atoms with Crippen molar-refractivity contribution in [2.75, 3.05) is 0 Å². The highest BCUT2D eigenvalue weighted by Crippen LogP contribution is 2.11. The molecule has 0 aromatic heterocycles. The molecule has 0 aromatic rings. The standard InChI is InChI=1S/C19H35N5O6/c1-6-10(4)15(18(28)23-14(9(2)3)19(29)30)24-17(27)12(7-8-13(21)25)22-16(26)11(5)20/h9-12,14-15H,6-8,20H2,1-5H3,(H2,21,25)(H,22,26)(H,23,28)(H,24,27)(H,29,30). The minimum absolute atomic E-state index is 0.0712. The van der Waals surface area contributed by atoms with Gasteiger partial charge >= 0.3 is 5.97 Å². The molecule has 5 atom stereocenters. The zero-order chi connectivity index (χ0) is 23.6. The summed E-state index contributed by atoms with van der Waals surface area (Å²) in [5, 5.41) is 16.8. The van der Waals surface area contributed by atoms with Crippen LogP contribution in [-0.4, -0.2) is 58.9 Å². The Balaban J connectivity index is 5.52. The minimum atomic E-state index is -1.18. The summed E-state index contributed by atoms with van der Waals surface area (Å²) in [7, 11) is 0. The molecule has 0 spiro atoms. The van der Waals surface area contributed by atoms with Gasteiger partial charge in [-0.3, -0.25) is 19.2 Å². The van der Waals surface area contributed by atoms with E-state index in [0.717, 1.165) is 0 Å². The van der Waals surface area contributed by atoms with Gasteiger partial charge in [-0.2, -0.15) is 0 Å². The van der Waals surface area contributed by atoms with E-state index in [2.05, 4.69) is 16.0 Å². The average molecular weight is 430 g/mol. The largest absolute Gasteiger partial charge is 0.480 e. The molecule has 11 heteroatoms. The number of nitrogens with two attached hydrogens (primary N) is 2. The van der Waals surface area contributed by atoms with Crippen molar-refractivity contribution in [1.82, 2.24) is 16.0 Å². The van der Waals surface area contributed by atoms with Crippen molar-refractivity contribution >= 4 is 29.6 Å². The monoisotopic (exact) mass is 429 g/mol. The van der Waals surface area contributed by atoms with Crippen molar-refractivity contribution in [1.29, 1.82) is 0 Å². The van der Waals surface area contributed by atoms with E-state index in [-0.39, 0.29) is 24.7 Å². The second-order valence-corrected chi connectivity index (χ2v) is 7.80.